The Kier molecular flexibility index (Phi) is 10.1. The van der Waals surface area contributed by atoms with Crippen molar-refractivity contribution in [1.82, 2.24) is 21.3 Å². The molecule has 48 heavy (non-hydrogen) atoms. The lowest BCUT2D eigenvalue weighted by atomic mass is 9.71. The summed E-state index contributed by atoms with van der Waals surface area (Å²) in [6, 6.07) is 7.77. The Hall–Kier alpha value is -1.58. The summed E-state index contributed by atoms with van der Waals surface area (Å²) >= 11 is 0. The Balaban J connectivity index is 1.32. The van der Waals surface area contributed by atoms with Crippen LogP contribution in [0.3, 0.4) is 0 Å². The van der Waals surface area contributed by atoms with Crippen molar-refractivity contribution < 1.29 is 19.2 Å². The number of hydrogen-bond acceptors (Lipinski definition) is 7. The molecule has 1 saturated carbocycles. The molecular weight excluding hydrogens is 598 g/mol. The average Bonchev–Trinajstić information content (AvgIpc) is 3.83. The third kappa shape index (κ3) is 5.87. The van der Waals surface area contributed by atoms with Gasteiger partial charge in [-0.2, -0.15) is 0 Å². The predicted octanol–water partition coefficient (Wildman–Crippen LogP) is 3.91. The van der Waals surface area contributed by atoms with Crippen LogP contribution in [0.25, 0.3) is 0 Å². The van der Waals surface area contributed by atoms with Gasteiger partial charge in [0.1, 0.15) is 7.05 Å². The number of nitrogens with one attached hydrogen (secondary N) is 4. The largest absolute Gasteiger partial charge is 0.469 e. The van der Waals surface area contributed by atoms with Crippen LogP contribution >= 0.6 is 0 Å². The molecule has 7 rings (SSSR count). The Bertz CT molecular complexity index is 1280. The van der Waals surface area contributed by atoms with Crippen molar-refractivity contribution in [2.24, 2.45) is 60.3 Å². The second-order valence-corrected chi connectivity index (χ2v) is 17.4. The van der Waals surface area contributed by atoms with Crippen LogP contribution in [-0.2, 0) is 16.6 Å². The van der Waals surface area contributed by atoms with Gasteiger partial charge in [-0.05, 0) is 78.6 Å². The average molecular weight is 665 g/mol. The van der Waals surface area contributed by atoms with Crippen molar-refractivity contribution in [3.05, 3.63) is 30.1 Å². The normalized spacial score (nSPS) is 49.8. The molecule has 5 aliphatic heterocycles. The van der Waals surface area contributed by atoms with Crippen LogP contribution < -0.4 is 25.8 Å². The van der Waals surface area contributed by atoms with Gasteiger partial charge in [-0.25, -0.2) is 4.57 Å². The van der Waals surface area contributed by atoms with E-state index in [0.29, 0.717) is 95.9 Å². The van der Waals surface area contributed by atoms with Gasteiger partial charge in [0, 0.05) is 78.7 Å². The number of hydrogen-bond donors (Lipinski definition) is 5. The number of fused-ring (bicyclic) bond motifs is 8. The van der Waals surface area contributed by atoms with Crippen LogP contribution in [0.2, 0.25) is 0 Å². The van der Waals surface area contributed by atoms with Gasteiger partial charge in [0.05, 0.1) is 13.2 Å². The van der Waals surface area contributed by atoms with Crippen LogP contribution in [0.15, 0.2) is 24.5 Å². The van der Waals surface area contributed by atoms with Crippen molar-refractivity contribution in [3.8, 4) is 0 Å². The molecule has 8 bridgehead atoms. The maximum Gasteiger partial charge on any atom is 0.305 e. The SMILES string of the molecule is CCC1C2CC3NC4C(CC(O)C4C3C)C3NC(C(c4cc[n+](C)cc4)C4NC(CC(N2)C1C)C(CC)C4C)[C@@H](C)[C@@H]3CCC(=O)OC. The van der Waals surface area contributed by atoms with E-state index in [1.165, 1.54) is 31.9 Å². The van der Waals surface area contributed by atoms with E-state index in [2.05, 4.69) is 99.0 Å². The van der Waals surface area contributed by atoms with Gasteiger partial charge in [0.25, 0.3) is 0 Å². The van der Waals surface area contributed by atoms with Crippen LogP contribution in [0, 0.1) is 53.3 Å². The van der Waals surface area contributed by atoms with E-state index in [1.807, 2.05) is 0 Å². The second-order valence-electron chi connectivity index (χ2n) is 17.4. The Morgan fingerprint density at radius 1 is 0.771 bits per heavy atom. The summed E-state index contributed by atoms with van der Waals surface area (Å²) in [5.74, 6) is 4.41. The maximum atomic E-state index is 12.6. The first-order valence-corrected chi connectivity index (χ1v) is 19.8. The Labute approximate surface area is 290 Å². The highest BCUT2D eigenvalue weighted by atomic mass is 16.5. The van der Waals surface area contributed by atoms with Gasteiger partial charge in [-0.15, -0.1) is 0 Å². The third-order valence-corrected chi connectivity index (χ3v) is 15.5. The standard InChI is InChI=1S/C40H66N5O3/c1-9-25-20(3)29-18-32-26(10-2)21(4)37(43-32)36(24-13-15-45(7)16-14-24)38-22(5)27(11-12-34(47)48-8)39(44-38)28-17-33(46)35-23(6)30(42-40(28)35)19-31(25)41-29/h13-16,20-23,25-33,35-44,46H,9-12,17-19H2,1-8H3/q+1/t20?,21?,22-,23?,25?,26?,27-,28?,29?,30?,31?,32?,33?,35?,36?,37?,38?,39?,40?/m0/s1. The van der Waals surface area contributed by atoms with Crippen LogP contribution in [0.1, 0.15) is 98.0 Å². The van der Waals surface area contributed by atoms with E-state index in [0.717, 1.165) is 19.3 Å². The van der Waals surface area contributed by atoms with Crippen LogP contribution in [-0.4, -0.2) is 72.6 Å². The molecule has 8 heteroatoms. The number of pyridine rings is 1. The number of aliphatic hydroxyl groups excluding tert-OH is 1. The minimum atomic E-state index is -0.290. The number of methoxy groups -OCH3 is 1. The van der Waals surface area contributed by atoms with Crippen molar-refractivity contribution in [2.75, 3.05) is 7.11 Å². The lowest BCUT2D eigenvalue weighted by molar-refractivity contribution is -0.671. The molecule has 6 heterocycles. The van der Waals surface area contributed by atoms with Crippen molar-refractivity contribution in [2.45, 2.75) is 147 Å². The number of rotatable bonds is 6. The molecule has 1 aromatic rings. The van der Waals surface area contributed by atoms with E-state index in [1.54, 1.807) is 0 Å². The van der Waals surface area contributed by atoms with E-state index in [-0.39, 0.29) is 30.1 Å². The number of aliphatic hydroxyl groups is 1. The number of esters is 1. The fourth-order valence-corrected chi connectivity index (χ4v) is 12.9. The molecule has 268 valence electrons. The van der Waals surface area contributed by atoms with Gasteiger partial charge in [0.2, 0.25) is 0 Å². The zero-order valence-electron chi connectivity index (χ0n) is 30.9. The molecule has 8 nitrogen and oxygen atoms in total. The zero-order valence-corrected chi connectivity index (χ0v) is 30.9. The summed E-state index contributed by atoms with van der Waals surface area (Å²) in [7, 11) is 3.62. The van der Waals surface area contributed by atoms with Gasteiger partial charge < -0.3 is 31.1 Å². The van der Waals surface area contributed by atoms with Crippen molar-refractivity contribution in [1.29, 1.82) is 0 Å². The number of ether oxygens (including phenoxy) is 1. The van der Waals surface area contributed by atoms with E-state index in [9.17, 15) is 9.90 Å². The lowest BCUT2D eigenvalue weighted by Crippen LogP contribution is -2.51. The molecule has 1 aromatic heterocycles. The molecule has 6 fully saturated rings. The molecule has 19 atom stereocenters. The molecule has 1 aliphatic carbocycles. The summed E-state index contributed by atoms with van der Waals surface area (Å²) in [6.07, 6.45) is 11.0. The highest BCUT2D eigenvalue weighted by Gasteiger charge is 2.60. The van der Waals surface area contributed by atoms with Gasteiger partial charge in [0.15, 0.2) is 12.4 Å². The van der Waals surface area contributed by atoms with E-state index >= 15 is 0 Å². The smallest absolute Gasteiger partial charge is 0.305 e. The highest BCUT2D eigenvalue weighted by Crippen LogP contribution is 2.52. The minimum absolute atomic E-state index is 0.117. The first kappa shape index (κ1) is 34.9. The molecule has 5 N–H and O–H groups in total. The Morgan fingerprint density at radius 3 is 2.02 bits per heavy atom. The van der Waals surface area contributed by atoms with Gasteiger partial charge in [-0.3, -0.25) is 4.79 Å². The van der Waals surface area contributed by atoms with Crippen LogP contribution in [0.4, 0.5) is 0 Å². The zero-order chi connectivity index (χ0) is 34.0. The first-order valence-electron chi connectivity index (χ1n) is 19.8. The molecule has 0 spiro atoms. The van der Waals surface area contributed by atoms with Crippen LogP contribution in [0.5, 0.6) is 0 Å². The molecule has 0 aromatic carbocycles. The van der Waals surface area contributed by atoms with Gasteiger partial charge >= 0.3 is 5.97 Å². The molecule has 0 amide bonds. The minimum Gasteiger partial charge on any atom is -0.469 e. The highest BCUT2D eigenvalue weighted by molar-refractivity contribution is 5.69. The first-order chi connectivity index (χ1) is 23.1. The number of aryl methyl sites for hydroxylation is 1. The quantitative estimate of drug-likeness (QED) is 0.233. The molecule has 17 unspecified atom stereocenters. The van der Waals surface area contributed by atoms with E-state index < -0.39 is 0 Å². The van der Waals surface area contributed by atoms with Crippen molar-refractivity contribution in [3.63, 3.8) is 0 Å². The molecular formula is C40H66N5O3+. The maximum absolute atomic E-state index is 12.6. The summed E-state index contributed by atoms with van der Waals surface area (Å²) in [5.41, 5.74) is 1.40. The number of nitrogens with zero attached hydrogens (tertiary/aromatic N) is 1. The molecule has 5 saturated heterocycles. The lowest BCUT2D eigenvalue weighted by Gasteiger charge is -2.36. The number of aromatic nitrogens is 1. The molecule has 6 aliphatic rings. The summed E-state index contributed by atoms with van der Waals surface area (Å²) < 4.78 is 7.32. The summed E-state index contributed by atoms with van der Waals surface area (Å²) in [5, 5.41) is 28.9. The van der Waals surface area contributed by atoms with Crippen molar-refractivity contribution >= 4 is 5.97 Å². The fraction of sp³-hybridized carbons (Fsp3) is 0.850. The number of carbonyl (C=O) groups excluding carboxylic acids is 1. The third-order valence-electron chi connectivity index (χ3n) is 15.5. The number of carbonyl (C=O) groups is 1. The molecule has 0 radical (unpaired) electrons. The Morgan fingerprint density at radius 2 is 1.35 bits per heavy atom. The fourth-order valence-electron chi connectivity index (χ4n) is 12.9. The second kappa shape index (κ2) is 13.9. The van der Waals surface area contributed by atoms with E-state index in [4.69, 9.17) is 4.74 Å². The van der Waals surface area contributed by atoms with Gasteiger partial charge in [-0.1, -0.05) is 54.4 Å². The topological polar surface area (TPSA) is 98.5 Å². The summed E-state index contributed by atoms with van der Waals surface area (Å²) in [6.45, 7) is 14.7. The predicted molar refractivity (Wildman–Crippen MR) is 189 cm³/mol. The summed E-state index contributed by atoms with van der Waals surface area (Å²) in [4.78, 5) is 12.6. The monoisotopic (exact) mass is 665 g/mol.